The zero-order valence-corrected chi connectivity index (χ0v) is 20.3. The molecule has 1 amide bonds. The number of amides is 1. The fraction of sp³-hybridized carbons (Fsp3) is 0.407. The van der Waals surface area contributed by atoms with E-state index in [9.17, 15) is 19.1 Å². The van der Waals surface area contributed by atoms with Crippen molar-refractivity contribution in [3.8, 4) is 5.75 Å². The predicted octanol–water partition coefficient (Wildman–Crippen LogP) is 4.69. The molecule has 0 unspecified atom stereocenters. The van der Waals surface area contributed by atoms with E-state index in [-0.39, 0.29) is 23.4 Å². The van der Waals surface area contributed by atoms with Gasteiger partial charge in [0, 0.05) is 24.2 Å². The molecule has 1 fully saturated rings. The number of hydrogen-bond acceptors (Lipinski definition) is 5. The Hall–Kier alpha value is -3.19. The molecular formula is C27H33FN2O4. The van der Waals surface area contributed by atoms with E-state index >= 15 is 0 Å². The lowest BCUT2D eigenvalue weighted by Crippen LogP contribution is -2.38. The maximum Gasteiger partial charge on any atom is 0.295 e. The average Bonchev–Trinajstić information content (AvgIpc) is 3.08. The number of rotatable bonds is 10. The van der Waals surface area contributed by atoms with Gasteiger partial charge in [-0.25, -0.2) is 4.39 Å². The summed E-state index contributed by atoms with van der Waals surface area (Å²) in [6.07, 6.45) is 0.862. The summed E-state index contributed by atoms with van der Waals surface area (Å²) in [6, 6.07) is 10.1. The lowest BCUT2D eigenvalue weighted by atomic mass is 9.94. The van der Waals surface area contributed by atoms with Crippen LogP contribution in [-0.4, -0.2) is 59.4 Å². The third kappa shape index (κ3) is 5.14. The van der Waals surface area contributed by atoms with Gasteiger partial charge in [0.05, 0.1) is 18.2 Å². The normalized spacial score (nSPS) is 17.6. The maximum atomic E-state index is 14.9. The molecule has 1 aliphatic rings. The molecule has 1 aliphatic heterocycles. The predicted molar refractivity (Wildman–Crippen MR) is 130 cm³/mol. The number of ether oxygens (including phenoxy) is 1. The van der Waals surface area contributed by atoms with Crippen molar-refractivity contribution in [3.05, 3.63) is 70.5 Å². The molecule has 3 rings (SSSR count). The van der Waals surface area contributed by atoms with E-state index in [2.05, 4.69) is 4.90 Å². The second-order valence-corrected chi connectivity index (χ2v) is 8.37. The topological polar surface area (TPSA) is 70.1 Å². The molecule has 2 aromatic carbocycles. The summed E-state index contributed by atoms with van der Waals surface area (Å²) in [6.45, 7) is 10.8. The van der Waals surface area contributed by atoms with Crippen LogP contribution in [-0.2, 0) is 9.59 Å². The molecule has 6 nitrogen and oxygen atoms in total. The number of aliphatic hydroxyl groups is 1. The van der Waals surface area contributed by atoms with Crippen LogP contribution in [0.1, 0.15) is 49.9 Å². The molecular weight excluding hydrogens is 435 g/mol. The van der Waals surface area contributed by atoms with Crippen LogP contribution in [0.15, 0.2) is 48.0 Å². The minimum atomic E-state index is -1.01. The smallest absolute Gasteiger partial charge is 0.295 e. The number of benzene rings is 2. The van der Waals surface area contributed by atoms with Crippen LogP contribution >= 0.6 is 0 Å². The highest BCUT2D eigenvalue weighted by atomic mass is 19.1. The summed E-state index contributed by atoms with van der Waals surface area (Å²) in [4.78, 5) is 29.7. The van der Waals surface area contributed by atoms with E-state index in [1.165, 1.54) is 11.0 Å². The van der Waals surface area contributed by atoms with E-state index < -0.39 is 23.5 Å². The molecule has 0 aromatic heterocycles. The van der Waals surface area contributed by atoms with E-state index in [4.69, 9.17) is 4.74 Å². The first-order chi connectivity index (χ1) is 16.3. The highest BCUT2D eigenvalue weighted by molar-refractivity contribution is 6.46. The van der Waals surface area contributed by atoms with Crippen LogP contribution in [0.4, 0.5) is 4.39 Å². The van der Waals surface area contributed by atoms with Gasteiger partial charge < -0.3 is 19.6 Å². The van der Waals surface area contributed by atoms with E-state index in [0.717, 1.165) is 25.1 Å². The zero-order chi connectivity index (χ0) is 24.8. The fourth-order valence-electron chi connectivity index (χ4n) is 4.25. The van der Waals surface area contributed by atoms with Gasteiger partial charge in [-0.3, -0.25) is 9.59 Å². The van der Waals surface area contributed by atoms with Gasteiger partial charge in [-0.2, -0.15) is 0 Å². The number of aryl methyl sites for hydroxylation is 1. The van der Waals surface area contributed by atoms with Gasteiger partial charge in [-0.1, -0.05) is 39.0 Å². The Morgan fingerprint density at radius 1 is 1.12 bits per heavy atom. The van der Waals surface area contributed by atoms with Gasteiger partial charge in [0.1, 0.15) is 17.3 Å². The zero-order valence-electron chi connectivity index (χ0n) is 20.3. The monoisotopic (exact) mass is 468 g/mol. The van der Waals surface area contributed by atoms with Gasteiger partial charge in [0.15, 0.2) is 0 Å². The molecule has 182 valence electrons. The van der Waals surface area contributed by atoms with Crippen LogP contribution in [0.3, 0.4) is 0 Å². The Morgan fingerprint density at radius 3 is 2.44 bits per heavy atom. The standard InChI is InChI=1S/C27H33FN2O4/c1-5-16-34-22-13-12-19(17-18(22)4)25(31)23-24(20-10-8-9-11-21(20)28)30(27(33)26(23)32)15-14-29(6-2)7-3/h8-13,17,24,31H,5-7,14-16H2,1-4H3/t24-/m1/s1. The number of aliphatic hydroxyl groups excluding tert-OH is 1. The van der Waals surface area contributed by atoms with Crippen molar-refractivity contribution in [1.82, 2.24) is 9.80 Å². The maximum absolute atomic E-state index is 14.9. The van der Waals surface area contributed by atoms with Crippen LogP contribution in [0.25, 0.3) is 5.76 Å². The van der Waals surface area contributed by atoms with Crippen molar-refractivity contribution in [1.29, 1.82) is 0 Å². The van der Waals surface area contributed by atoms with Crippen molar-refractivity contribution < 1.29 is 23.8 Å². The number of ketones is 1. The van der Waals surface area contributed by atoms with Crippen molar-refractivity contribution in [2.24, 2.45) is 0 Å². The Morgan fingerprint density at radius 2 is 1.82 bits per heavy atom. The fourth-order valence-corrected chi connectivity index (χ4v) is 4.25. The van der Waals surface area contributed by atoms with Gasteiger partial charge in [0.25, 0.3) is 11.7 Å². The lowest BCUT2D eigenvalue weighted by Gasteiger charge is -2.28. The largest absolute Gasteiger partial charge is 0.507 e. The van der Waals surface area contributed by atoms with Crippen LogP contribution in [0, 0.1) is 12.7 Å². The highest BCUT2D eigenvalue weighted by Crippen LogP contribution is 2.40. The quantitative estimate of drug-likeness (QED) is 0.311. The van der Waals surface area contributed by atoms with Crippen molar-refractivity contribution >= 4 is 17.4 Å². The van der Waals surface area contributed by atoms with Crippen molar-refractivity contribution in [2.45, 2.75) is 40.2 Å². The number of halogens is 1. The Kier molecular flexibility index (Phi) is 8.45. The van der Waals surface area contributed by atoms with Crippen LogP contribution in [0.2, 0.25) is 0 Å². The molecule has 0 bridgehead atoms. The number of likely N-dealkylation sites (tertiary alicyclic amines) is 1. The SMILES string of the molecule is CCCOc1ccc(C(O)=C2C(=O)C(=O)N(CCN(CC)CC)[C@@H]2c2ccccc2F)cc1C. The minimum Gasteiger partial charge on any atom is -0.507 e. The summed E-state index contributed by atoms with van der Waals surface area (Å²) >= 11 is 0. The Labute approximate surface area is 200 Å². The highest BCUT2D eigenvalue weighted by Gasteiger charge is 2.46. The molecule has 1 heterocycles. The number of carbonyl (C=O) groups is 2. The second-order valence-electron chi connectivity index (χ2n) is 8.37. The summed E-state index contributed by atoms with van der Waals surface area (Å²) in [7, 11) is 0. The number of hydrogen-bond donors (Lipinski definition) is 1. The Balaban J connectivity index is 2.09. The molecule has 34 heavy (non-hydrogen) atoms. The second kappa shape index (κ2) is 11.3. The third-order valence-corrected chi connectivity index (χ3v) is 6.20. The van der Waals surface area contributed by atoms with E-state index in [0.29, 0.717) is 24.5 Å². The van der Waals surface area contributed by atoms with Crippen LogP contribution < -0.4 is 4.74 Å². The summed E-state index contributed by atoms with van der Waals surface area (Å²) in [5.74, 6) is -1.71. The number of nitrogens with zero attached hydrogens (tertiary/aromatic N) is 2. The molecule has 1 atom stereocenters. The van der Waals surface area contributed by atoms with Gasteiger partial charge >= 0.3 is 0 Å². The number of carbonyl (C=O) groups excluding carboxylic acids is 2. The molecule has 1 saturated heterocycles. The minimum absolute atomic E-state index is 0.101. The molecule has 0 radical (unpaired) electrons. The van der Waals surface area contributed by atoms with Gasteiger partial charge in [-0.05, 0) is 56.3 Å². The lowest BCUT2D eigenvalue weighted by molar-refractivity contribution is -0.140. The van der Waals surface area contributed by atoms with Crippen molar-refractivity contribution in [3.63, 3.8) is 0 Å². The van der Waals surface area contributed by atoms with Gasteiger partial charge in [-0.15, -0.1) is 0 Å². The number of likely N-dealkylation sites (N-methyl/N-ethyl adjacent to an activating group) is 1. The molecule has 0 saturated carbocycles. The first-order valence-corrected chi connectivity index (χ1v) is 11.8. The van der Waals surface area contributed by atoms with E-state index in [1.807, 2.05) is 27.7 Å². The third-order valence-electron chi connectivity index (χ3n) is 6.20. The Bertz CT molecular complexity index is 1080. The van der Waals surface area contributed by atoms with E-state index in [1.54, 1.807) is 36.4 Å². The first-order valence-electron chi connectivity index (χ1n) is 11.8. The molecule has 0 spiro atoms. The van der Waals surface area contributed by atoms with Crippen LogP contribution in [0.5, 0.6) is 5.75 Å². The van der Waals surface area contributed by atoms with Crippen molar-refractivity contribution in [2.75, 3.05) is 32.8 Å². The average molecular weight is 469 g/mol. The van der Waals surface area contributed by atoms with Gasteiger partial charge in [0.2, 0.25) is 0 Å². The molecule has 1 N–H and O–H groups in total. The molecule has 2 aromatic rings. The first kappa shape index (κ1) is 25.4. The summed E-state index contributed by atoms with van der Waals surface area (Å²) < 4.78 is 20.6. The number of Topliss-reactive ketones (excluding diaryl/α,β-unsaturated/α-hetero) is 1. The molecule has 0 aliphatic carbocycles. The summed E-state index contributed by atoms with van der Waals surface area (Å²) in [5.41, 5.74) is 1.25. The summed E-state index contributed by atoms with van der Waals surface area (Å²) in [5, 5.41) is 11.2. The molecule has 7 heteroatoms.